The number of halogens is 1. The Morgan fingerprint density at radius 1 is 1.12 bits per heavy atom. The lowest BCUT2D eigenvalue weighted by molar-refractivity contribution is -0.116. The predicted octanol–water partition coefficient (Wildman–Crippen LogP) is 6.57. The zero-order valence-corrected chi connectivity index (χ0v) is 21.1. The van der Waals surface area contributed by atoms with E-state index in [1.54, 1.807) is 18.5 Å². The number of imide groups is 1. The summed E-state index contributed by atoms with van der Waals surface area (Å²) >= 11 is 7.85. The Morgan fingerprint density at radius 2 is 1.82 bits per heavy atom. The zero-order valence-electron chi connectivity index (χ0n) is 19.5. The van der Waals surface area contributed by atoms with E-state index in [2.05, 4.69) is 54.7 Å². The number of hydrogen-bond acceptors (Lipinski definition) is 5. The molecule has 3 rings (SSSR count). The summed E-state index contributed by atoms with van der Waals surface area (Å²) in [7, 11) is 0. The Kier molecular flexibility index (Phi) is 7.82. The summed E-state index contributed by atoms with van der Waals surface area (Å²) in [4.78, 5) is 31.3. The summed E-state index contributed by atoms with van der Waals surface area (Å²) in [6.07, 6.45) is 3.90. The molecule has 5 nitrogen and oxygen atoms in total. The molecule has 1 heterocycles. The van der Waals surface area contributed by atoms with E-state index in [4.69, 9.17) is 11.6 Å². The molecule has 0 radical (unpaired) electrons. The van der Waals surface area contributed by atoms with E-state index in [0.717, 1.165) is 26.6 Å². The van der Waals surface area contributed by atoms with Crippen molar-refractivity contribution in [2.24, 2.45) is 0 Å². The lowest BCUT2D eigenvalue weighted by Crippen LogP contribution is -2.30. The normalized spacial score (nSPS) is 11.2. The number of nitrogens with one attached hydrogen (secondary N) is 1. The van der Waals surface area contributed by atoms with E-state index in [1.807, 2.05) is 26.0 Å². The van der Waals surface area contributed by atoms with E-state index in [0.29, 0.717) is 22.6 Å². The van der Waals surface area contributed by atoms with Crippen molar-refractivity contribution in [3.8, 4) is 0 Å². The maximum atomic E-state index is 13.2. The number of pyridine rings is 1. The summed E-state index contributed by atoms with van der Waals surface area (Å²) in [5.41, 5.74) is 4.83. The van der Waals surface area contributed by atoms with Crippen LogP contribution in [0, 0.1) is 13.8 Å². The third-order valence-electron chi connectivity index (χ3n) is 5.30. The first-order valence-electron chi connectivity index (χ1n) is 10.6. The van der Waals surface area contributed by atoms with Gasteiger partial charge in [0.1, 0.15) is 0 Å². The molecule has 0 unspecified atom stereocenters. The molecular formula is C26H28ClN3O2S. The molecule has 3 aromatic rings. The van der Waals surface area contributed by atoms with Crippen molar-refractivity contribution in [1.29, 1.82) is 0 Å². The second-order valence-corrected chi connectivity index (χ2v) is 10.3. The molecule has 172 valence electrons. The molecule has 0 saturated carbocycles. The van der Waals surface area contributed by atoms with Gasteiger partial charge in [-0.1, -0.05) is 50.6 Å². The summed E-state index contributed by atoms with van der Waals surface area (Å²) in [5, 5.41) is 0.303. The monoisotopic (exact) mass is 481 g/mol. The molecule has 2 aromatic carbocycles. The Labute approximate surface area is 204 Å². The maximum absolute atomic E-state index is 13.2. The van der Waals surface area contributed by atoms with Crippen molar-refractivity contribution >= 4 is 41.6 Å². The van der Waals surface area contributed by atoms with E-state index < -0.39 is 5.91 Å². The molecule has 1 aromatic heterocycles. The minimum Gasteiger partial charge on any atom is -0.325 e. The molecule has 0 aliphatic rings. The summed E-state index contributed by atoms with van der Waals surface area (Å²) in [6, 6.07) is 13.8. The number of carbonyl (C=O) groups is 2. The van der Waals surface area contributed by atoms with Gasteiger partial charge in [0, 0.05) is 23.0 Å². The van der Waals surface area contributed by atoms with Crippen molar-refractivity contribution in [3.05, 3.63) is 87.7 Å². The van der Waals surface area contributed by atoms with Crippen LogP contribution in [0.25, 0.3) is 0 Å². The van der Waals surface area contributed by atoms with E-state index in [9.17, 15) is 9.59 Å². The van der Waals surface area contributed by atoms with E-state index in [1.165, 1.54) is 17.5 Å². The largest absolute Gasteiger partial charge is 0.325 e. The van der Waals surface area contributed by atoms with Crippen LogP contribution in [0.4, 0.5) is 5.69 Å². The summed E-state index contributed by atoms with van der Waals surface area (Å²) in [5.74, 6) is -0.447. The summed E-state index contributed by atoms with van der Waals surface area (Å²) < 4.78 is 3.31. The molecule has 0 saturated heterocycles. The fraction of sp³-hybridized carbons (Fsp3) is 0.269. The van der Waals surface area contributed by atoms with Crippen LogP contribution in [0.2, 0.25) is 5.02 Å². The highest BCUT2D eigenvalue weighted by Crippen LogP contribution is 2.32. The van der Waals surface area contributed by atoms with Gasteiger partial charge in [0.2, 0.25) is 6.41 Å². The van der Waals surface area contributed by atoms with Crippen LogP contribution in [0.5, 0.6) is 0 Å². The minimum atomic E-state index is -0.447. The van der Waals surface area contributed by atoms with E-state index >= 15 is 0 Å². The van der Waals surface area contributed by atoms with Crippen LogP contribution >= 0.6 is 23.5 Å². The average molecular weight is 482 g/mol. The predicted molar refractivity (Wildman–Crippen MR) is 136 cm³/mol. The molecule has 0 atom stereocenters. The zero-order chi connectivity index (χ0) is 24.2. The fourth-order valence-electron chi connectivity index (χ4n) is 3.39. The van der Waals surface area contributed by atoms with Crippen LogP contribution in [-0.2, 0) is 16.8 Å². The van der Waals surface area contributed by atoms with Crippen LogP contribution in [0.3, 0.4) is 0 Å². The molecule has 0 aliphatic heterocycles. The number of aryl methyl sites for hydroxylation is 1. The fourth-order valence-corrected chi connectivity index (χ4v) is 4.40. The van der Waals surface area contributed by atoms with E-state index in [-0.39, 0.29) is 12.0 Å². The van der Waals surface area contributed by atoms with Gasteiger partial charge in [-0.05, 0) is 77.7 Å². The second-order valence-electron chi connectivity index (χ2n) is 8.98. The number of hydrogen-bond donors (Lipinski definition) is 1. The van der Waals surface area contributed by atoms with Gasteiger partial charge in [-0.15, -0.1) is 0 Å². The molecule has 0 spiro atoms. The number of benzene rings is 2. The number of carbonyl (C=O) groups excluding carboxylic acids is 2. The van der Waals surface area contributed by atoms with Crippen molar-refractivity contribution in [2.45, 2.75) is 51.5 Å². The quantitative estimate of drug-likeness (QED) is 0.305. The van der Waals surface area contributed by atoms with Gasteiger partial charge in [-0.25, -0.2) is 0 Å². The topological polar surface area (TPSA) is 62.3 Å². The molecule has 7 heteroatoms. The van der Waals surface area contributed by atoms with Crippen molar-refractivity contribution < 1.29 is 9.59 Å². The first kappa shape index (κ1) is 24.8. The van der Waals surface area contributed by atoms with Crippen LogP contribution in [0.15, 0.2) is 59.8 Å². The Bertz CT molecular complexity index is 1160. The number of rotatable bonds is 7. The van der Waals surface area contributed by atoms with Gasteiger partial charge in [0.15, 0.2) is 0 Å². The third-order valence-corrected chi connectivity index (χ3v) is 6.44. The third kappa shape index (κ3) is 6.15. The van der Waals surface area contributed by atoms with Crippen molar-refractivity contribution in [3.63, 3.8) is 0 Å². The highest BCUT2D eigenvalue weighted by molar-refractivity contribution is 8.00. The smallest absolute Gasteiger partial charge is 0.262 e. The molecule has 0 bridgehead atoms. The Balaban J connectivity index is 1.79. The van der Waals surface area contributed by atoms with Crippen LogP contribution in [0.1, 0.15) is 53.4 Å². The first-order chi connectivity index (χ1) is 15.6. The highest BCUT2D eigenvalue weighted by Gasteiger charge is 2.22. The molecular weight excluding hydrogens is 454 g/mol. The summed E-state index contributed by atoms with van der Waals surface area (Å²) in [6.45, 7) is 10.4. The van der Waals surface area contributed by atoms with Crippen LogP contribution < -0.4 is 4.72 Å². The van der Waals surface area contributed by atoms with Crippen molar-refractivity contribution in [2.75, 3.05) is 4.72 Å². The molecule has 0 aliphatic carbocycles. The highest BCUT2D eigenvalue weighted by atomic mass is 35.5. The standard InChI is InChI=1S/C26H28ClN3O2S/c1-17-12-19(14-28-13-17)15-30(16-31)25(32)24-18(2)23(11-10-22(24)27)29-33-21-8-6-20(7-9-21)26(3,4)5/h6-14,16,29H,15H2,1-5H3. The second kappa shape index (κ2) is 10.4. The van der Waals surface area contributed by atoms with Crippen molar-refractivity contribution in [1.82, 2.24) is 9.88 Å². The number of nitrogens with zero attached hydrogens (tertiary/aromatic N) is 2. The number of anilines is 1. The van der Waals surface area contributed by atoms with Crippen LogP contribution in [-0.4, -0.2) is 22.2 Å². The molecule has 1 N–H and O–H groups in total. The number of amides is 2. The van der Waals surface area contributed by atoms with Gasteiger partial charge in [-0.3, -0.25) is 19.5 Å². The molecule has 0 fully saturated rings. The Morgan fingerprint density at radius 3 is 2.42 bits per heavy atom. The minimum absolute atomic E-state index is 0.0949. The number of aromatic nitrogens is 1. The SMILES string of the molecule is Cc1cncc(CN(C=O)C(=O)c2c(Cl)ccc(NSc3ccc(C(C)(C)C)cc3)c2C)c1. The van der Waals surface area contributed by atoms with Gasteiger partial charge < -0.3 is 4.72 Å². The lowest BCUT2D eigenvalue weighted by Gasteiger charge is -2.20. The van der Waals surface area contributed by atoms with Gasteiger partial charge in [0.25, 0.3) is 5.91 Å². The van der Waals surface area contributed by atoms with Gasteiger partial charge >= 0.3 is 0 Å². The van der Waals surface area contributed by atoms with Gasteiger partial charge in [-0.2, -0.15) is 0 Å². The first-order valence-corrected chi connectivity index (χ1v) is 11.8. The lowest BCUT2D eigenvalue weighted by atomic mass is 9.87. The Hall–Kier alpha value is -2.83. The maximum Gasteiger partial charge on any atom is 0.262 e. The molecule has 33 heavy (non-hydrogen) atoms. The molecule has 2 amide bonds. The van der Waals surface area contributed by atoms with Gasteiger partial charge in [0.05, 0.1) is 17.1 Å². The average Bonchev–Trinajstić information content (AvgIpc) is 2.76.